The van der Waals surface area contributed by atoms with Gasteiger partial charge in [0.05, 0.1) is 0 Å². The lowest BCUT2D eigenvalue weighted by Crippen LogP contribution is -2.45. The molecule has 1 unspecified atom stereocenters. The summed E-state index contributed by atoms with van der Waals surface area (Å²) in [7, 11) is 0. The maximum Gasteiger partial charge on any atom is 0.0223 e. The second kappa shape index (κ2) is 15.5. The van der Waals surface area contributed by atoms with E-state index in [1.807, 2.05) is 0 Å². The molecule has 0 heterocycles. The van der Waals surface area contributed by atoms with Crippen molar-refractivity contribution in [1.82, 2.24) is 0 Å². The maximum absolute atomic E-state index is 6.99. The molecule has 1 rings (SSSR count). The van der Waals surface area contributed by atoms with Gasteiger partial charge in [-0.15, -0.1) is 12.4 Å². The fraction of sp³-hybridized carbons (Fsp3) is 0.750. The molecule has 0 saturated heterocycles. The Bertz CT molecular complexity index is 411. The Morgan fingerprint density at radius 1 is 0.731 bits per heavy atom. The first kappa shape index (κ1) is 25.5. The van der Waals surface area contributed by atoms with Crippen molar-refractivity contribution < 1.29 is 0 Å². The summed E-state index contributed by atoms with van der Waals surface area (Å²) < 4.78 is 0. The second-order valence-corrected chi connectivity index (χ2v) is 7.96. The summed E-state index contributed by atoms with van der Waals surface area (Å²) in [5, 5.41) is 0. The van der Waals surface area contributed by atoms with E-state index in [9.17, 15) is 0 Å². The average Bonchev–Trinajstić information content (AvgIpc) is 2.61. The molecule has 0 aromatic heterocycles. The average molecular weight is 382 g/mol. The molecule has 0 aliphatic heterocycles. The Morgan fingerprint density at radius 2 is 1.23 bits per heavy atom. The van der Waals surface area contributed by atoms with Gasteiger partial charge in [-0.3, -0.25) is 0 Å². The molecule has 2 N–H and O–H groups in total. The van der Waals surface area contributed by atoms with Gasteiger partial charge in [0.25, 0.3) is 0 Å². The molecular formula is C24H44ClN. The third-order valence-electron chi connectivity index (χ3n) is 5.67. The Labute approximate surface area is 169 Å². The molecule has 1 nitrogen and oxygen atoms in total. The quantitative estimate of drug-likeness (QED) is 0.306. The van der Waals surface area contributed by atoms with Crippen LogP contribution >= 0.6 is 12.4 Å². The van der Waals surface area contributed by atoms with E-state index in [4.69, 9.17) is 5.73 Å². The number of benzene rings is 1. The summed E-state index contributed by atoms with van der Waals surface area (Å²) in [6.07, 6.45) is 16.9. The van der Waals surface area contributed by atoms with Crippen molar-refractivity contribution in [3.63, 3.8) is 0 Å². The third kappa shape index (κ3) is 9.42. The van der Waals surface area contributed by atoms with E-state index in [0.29, 0.717) is 5.92 Å². The molecule has 0 saturated carbocycles. The fourth-order valence-electron chi connectivity index (χ4n) is 4.36. The van der Waals surface area contributed by atoms with Crippen molar-refractivity contribution in [2.45, 2.75) is 116 Å². The molecule has 0 radical (unpaired) electrons. The van der Waals surface area contributed by atoms with Crippen molar-refractivity contribution in [2.24, 2.45) is 5.73 Å². The first-order valence-electron chi connectivity index (χ1n) is 11.0. The van der Waals surface area contributed by atoms with E-state index >= 15 is 0 Å². The lowest BCUT2D eigenvalue weighted by atomic mass is 9.72. The highest BCUT2D eigenvalue weighted by Gasteiger charge is 2.33. The van der Waals surface area contributed by atoms with Crippen LogP contribution in [0.3, 0.4) is 0 Å². The monoisotopic (exact) mass is 381 g/mol. The van der Waals surface area contributed by atoms with Gasteiger partial charge in [-0.25, -0.2) is 0 Å². The molecule has 0 fully saturated rings. The minimum atomic E-state index is -0.0357. The van der Waals surface area contributed by atoms with Crippen LogP contribution in [-0.4, -0.2) is 5.54 Å². The minimum absolute atomic E-state index is 0. The van der Waals surface area contributed by atoms with Crippen LogP contribution in [0.25, 0.3) is 0 Å². The molecule has 1 aromatic carbocycles. The van der Waals surface area contributed by atoms with E-state index < -0.39 is 0 Å². The zero-order chi connectivity index (χ0) is 18.4. The van der Waals surface area contributed by atoms with Crippen molar-refractivity contribution in [3.8, 4) is 0 Å². The number of rotatable bonds is 15. The van der Waals surface area contributed by atoms with Crippen LogP contribution in [0.5, 0.6) is 0 Å². The third-order valence-corrected chi connectivity index (χ3v) is 5.67. The fourth-order valence-corrected chi connectivity index (χ4v) is 4.36. The summed E-state index contributed by atoms with van der Waals surface area (Å²) in [4.78, 5) is 0. The Morgan fingerprint density at radius 3 is 1.73 bits per heavy atom. The van der Waals surface area contributed by atoms with Crippen LogP contribution in [0.4, 0.5) is 0 Å². The van der Waals surface area contributed by atoms with Crippen LogP contribution in [0.15, 0.2) is 30.3 Å². The van der Waals surface area contributed by atoms with E-state index in [0.717, 1.165) is 12.8 Å². The minimum Gasteiger partial charge on any atom is -0.325 e. The number of hydrogen-bond acceptors (Lipinski definition) is 1. The number of nitrogens with two attached hydrogens (primary N) is 1. The first-order valence-corrected chi connectivity index (χ1v) is 11.0. The highest BCUT2D eigenvalue weighted by molar-refractivity contribution is 5.85. The van der Waals surface area contributed by atoms with Crippen molar-refractivity contribution in [1.29, 1.82) is 0 Å². The molecule has 0 aliphatic rings. The van der Waals surface area contributed by atoms with E-state index in [1.165, 1.54) is 76.2 Å². The normalized spacial score (nSPS) is 12.6. The van der Waals surface area contributed by atoms with Crippen LogP contribution in [0.1, 0.15) is 116 Å². The maximum atomic E-state index is 6.99. The van der Waals surface area contributed by atoms with E-state index in [-0.39, 0.29) is 17.9 Å². The highest BCUT2D eigenvalue weighted by Crippen LogP contribution is 2.37. The summed E-state index contributed by atoms with van der Waals surface area (Å²) in [6.45, 7) is 6.83. The van der Waals surface area contributed by atoms with Crippen LogP contribution in [-0.2, 0) is 0 Å². The topological polar surface area (TPSA) is 26.0 Å². The summed E-state index contributed by atoms with van der Waals surface area (Å²) in [5.41, 5.74) is 8.41. The Hall–Kier alpha value is -0.530. The summed E-state index contributed by atoms with van der Waals surface area (Å²) in [6, 6.07) is 11.1. The molecule has 2 heteroatoms. The van der Waals surface area contributed by atoms with Gasteiger partial charge in [-0.2, -0.15) is 0 Å². The molecule has 26 heavy (non-hydrogen) atoms. The predicted octanol–water partition coefficient (Wildman–Crippen LogP) is 8.02. The van der Waals surface area contributed by atoms with Crippen LogP contribution < -0.4 is 5.73 Å². The van der Waals surface area contributed by atoms with Gasteiger partial charge < -0.3 is 5.73 Å². The highest BCUT2D eigenvalue weighted by atomic mass is 35.5. The largest absolute Gasteiger partial charge is 0.325 e. The molecule has 0 bridgehead atoms. The lowest BCUT2D eigenvalue weighted by molar-refractivity contribution is 0.275. The molecule has 0 amide bonds. The molecular weight excluding hydrogens is 338 g/mol. The smallest absolute Gasteiger partial charge is 0.0223 e. The van der Waals surface area contributed by atoms with Crippen molar-refractivity contribution in [2.75, 3.05) is 0 Å². The van der Waals surface area contributed by atoms with Gasteiger partial charge in [0, 0.05) is 11.5 Å². The number of hydrogen-bond donors (Lipinski definition) is 1. The van der Waals surface area contributed by atoms with Crippen LogP contribution in [0, 0.1) is 0 Å². The Balaban J connectivity index is 0.00000625. The number of unbranched alkanes of at least 4 members (excludes halogenated alkanes) is 7. The lowest BCUT2D eigenvalue weighted by Gasteiger charge is -2.38. The predicted molar refractivity (Wildman–Crippen MR) is 120 cm³/mol. The van der Waals surface area contributed by atoms with Gasteiger partial charge in [0.15, 0.2) is 0 Å². The summed E-state index contributed by atoms with van der Waals surface area (Å²) in [5.74, 6) is 0.508. The van der Waals surface area contributed by atoms with Gasteiger partial charge >= 0.3 is 0 Å². The first-order chi connectivity index (χ1) is 12.2. The molecule has 1 aromatic rings. The van der Waals surface area contributed by atoms with Gasteiger partial charge in [0.1, 0.15) is 0 Å². The van der Waals surface area contributed by atoms with Gasteiger partial charge in [-0.1, -0.05) is 115 Å². The van der Waals surface area contributed by atoms with Crippen molar-refractivity contribution in [3.05, 3.63) is 35.9 Å². The molecule has 1 atom stereocenters. The molecule has 0 aliphatic carbocycles. The van der Waals surface area contributed by atoms with Gasteiger partial charge in [-0.05, 0) is 24.8 Å². The second-order valence-electron chi connectivity index (χ2n) is 7.96. The Kier molecular flexibility index (Phi) is 15.2. The van der Waals surface area contributed by atoms with Gasteiger partial charge in [0.2, 0.25) is 0 Å². The molecule has 0 spiro atoms. The van der Waals surface area contributed by atoms with E-state index in [1.54, 1.807) is 0 Å². The zero-order valence-corrected chi connectivity index (χ0v) is 18.5. The number of halogens is 1. The standard InChI is InChI=1S/C24H43N.ClH/c1-4-7-8-9-10-11-12-16-19-23(22-17-14-13-15-18-22)24(25,20-5-2)21-6-3;/h13-15,17-18,23H,4-12,16,19-21,25H2,1-3H3;1H. The van der Waals surface area contributed by atoms with Crippen molar-refractivity contribution >= 4 is 12.4 Å². The summed E-state index contributed by atoms with van der Waals surface area (Å²) >= 11 is 0. The molecule has 152 valence electrons. The zero-order valence-electron chi connectivity index (χ0n) is 17.6. The van der Waals surface area contributed by atoms with Crippen LogP contribution in [0.2, 0.25) is 0 Å². The SMILES string of the molecule is CCCCCCCCCCC(c1ccccc1)C(N)(CCC)CCC.Cl. The van der Waals surface area contributed by atoms with E-state index in [2.05, 4.69) is 51.1 Å².